The molecule has 1 saturated heterocycles. The molecule has 0 bridgehead atoms. The van der Waals surface area contributed by atoms with Gasteiger partial charge in [-0.25, -0.2) is 9.59 Å². The van der Waals surface area contributed by atoms with E-state index in [2.05, 4.69) is 5.32 Å². The van der Waals surface area contributed by atoms with Gasteiger partial charge in [-0.2, -0.15) is 0 Å². The molecule has 1 atom stereocenters. The minimum atomic E-state index is -0.522. The number of hydrogen-bond donors (Lipinski definition) is 1. The van der Waals surface area contributed by atoms with Crippen molar-refractivity contribution in [3.63, 3.8) is 0 Å². The smallest absolute Gasteiger partial charge is 0.410 e. The lowest BCUT2D eigenvalue weighted by molar-refractivity contribution is 0.0184. The van der Waals surface area contributed by atoms with Gasteiger partial charge >= 0.3 is 12.2 Å². The highest BCUT2D eigenvalue weighted by molar-refractivity contribution is 5.69. The summed E-state index contributed by atoms with van der Waals surface area (Å²) < 4.78 is 10.6. The third kappa shape index (κ3) is 6.10. The Balaban J connectivity index is 1.77. The number of nitrogens with one attached hydrogen (secondary N) is 1. The molecule has 0 aliphatic carbocycles. The molecule has 0 aromatic heterocycles. The van der Waals surface area contributed by atoms with E-state index in [0.717, 1.165) is 18.4 Å². The Morgan fingerprint density at radius 3 is 2.62 bits per heavy atom. The third-order valence-corrected chi connectivity index (χ3v) is 3.61. The topological polar surface area (TPSA) is 67.9 Å². The number of nitrogens with zero attached hydrogens (tertiary/aromatic N) is 1. The van der Waals surface area contributed by atoms with E-state index in [1.807, 2.05) is 51.1 Å². The number of carbonyl (C=O) groups excluding carboxylic acids is 2. The first-order valence-electron chi connectivity index (χ1n) is 8.28. The fraction of sp³-hybridized carbons (Fsp3) is 0.556. The van der Waals surface area contributed by atoms with Crippen molar-refractivity contribution in [1.29, 1.82) is 0 Å². The highest BCUT2D eigenvalue weighted by Crippen LogP contribution is 2.15. The van der Waals surface area contributed by atoms with Crippen LogP contribution in [0.25, 0.3) is 0 Å². The van der Waals surface area contributed by atoms with E-state index in [0.29, 0.717) is 13.1 Å². The van der Waals surface area contributed by atoms with Crippen molar-refractivity contribution in [3.8, 4) is 0 Å². The molecule has 24 heavy (non-hydrogen) atoms. The van der Waals surface area contributed by atoms with Crippen molar-refractivity contribution in [2.45, 2.75) is 51.9 Å². The fourth-order valence-corrected chi connectivity index (χ4v) is 2.52. The number of rotatable bonds is 3. The molecular formula is C18H26N2O4. The van der Waals surface area contributed by atoms with Crippen molar-refractivity contribution < 1.29 is 19.1 Å². The van der Waals surface area contributed by atoms with Crippen molar-refractivity contribution in [2.24, 2.45) is 0 Å². The molecule has 0 unspecified atom stereocenters. The molecule has 1 aromatic carbocycles. The Bertz CT molecular complexity index is 554. The van der Waals surface area contributed by atoms with Gasteiger partial charge in [0.1, 0.15) is 12.2 Å². The van der Waals surface area contributed by atoms with Gasteiger partial charge < -0.3 is 19.7 Å². The number of amides is 2. The first kappa shape index (κ1) is 18.1. The van der Waals surface area contributed by atoms with Gasteiger partial charge in [-0.1, -0.05) is 30.3 Å². The van der Waals surface area contributed by atoms with Crippen LogP contribution in [0.4, 0.5) is 9.59 Å². The van der Waals surface area contributed by atoms with Crippen LogP contribution in [0, 0.1) is 0 Å². The van der Waals surface area contributed by atoms with Crippen molar-refractivity contribution in [1.82, 2.24) is 10.2 Å². The van der Waals surface area contributed by atoms with Gasteiger partial charge in [-0.05, 0) is 39.2 Å². The molecular weight excluding hydrogens is 308 g/mol. The molecule has 0 radical (unpaired) electrons. The first-order valence-corrected chi connectivity index (χ1v) is 8.28. The SMILES string of the molecule is CC(C)(C)OC(=O)N1CCC[C@@H](NC(=O)OCc2ccccc2)C1. The molecule has 1 N–H and O–H groups in total. The molecule has 1 aliphatic rings. The molecule has 6 heteroatoms. The molecule has 2 amide bonds. The molecule has 0 saturated carbocycles. The summed E-state index contributed by atoms with van der Waals surface area (Å²) in [4.78, 5) is 25.7. The van der Waals surface area contributed by atoms with Crippen LogP contribution >= 0.6 is 0 Å². The Labute approximate surface area is 143 Å². The van der Waals surface area contributed by atoms with Crippen molar-refractivity contribution >= 4 is 12.2 Å². The molecule has 1 fully saturated rings. The number of piperidine rings is 1. The van der Waals surface area contributed by atoms with Crippen LogP contribution in [0.1, 0.15) is 39.2 Å². The lowest BCUT2D eigenvalue weighted by Crippen LogP contribution is -2.50. The maximum absolute atomic E-state index is 12.1. The number of benzene rings is 1. The average molecular weight is 334 g/mol. The second kappa shape index (κ2) is 8.04. The summed E-state index contributed by atoms with van der Waals surface area (Å²) in [5, 5.41) is 2.83. The van der Waals surface area contributed by atoms with Crippen molar-refractivity contribution in [2.75, 3.05) is 13.1 Å². The molecule has 0 spiro atoms. The molecule has 1 heterocycles. The van der Waals surface area contributed by atoms with Gasteiger partial charge in [0.2, 0.25) is 0 Å². The first-order chi connectivity index (χ1) is 11.3. The summed E-state index contributed by atoms with van der Waals surface area (Å²) in [5.74, 6) is 0. The standard InChI is InChI=1S/C18H26N2O4/c1-18(2,3)24-17(22)20-11-7-10-15(12-20)19-16(21)23-13-14-8-5-4-6-9-14/h4-6,8-9,15H,7,10-13H2,1-3H3,(H,19,21)/t15-/m1/s1. The van der Waals surface area contributed by atoms with Gasteiger partial charge in [0, 0.05) is 19.1 Å². The summed E-state index contributed by atoms with van der Waals surface area (Å²) in [7, 11) is 0. The minimum absolute atomic E-state index is 0.116. The highest BCUT2D eigenvalue weighted by atomic mass is 16.6. The summed E-state index contributed by atoms with van der Waals surface area (Å²) in [5.41, 5.74) is 0.415. The summed E-state index contributed by atoms with van der Waals surface area (Å²) in [6.45, 7) is 6.83. The zero-order chi connectivity index (χ0) is 17.6. The Hall–Kier alpha value is -2.24. The summed E-state index contributed by atoms with van der Waals surface area (Å²) >= 11 is 0. The van der Waals surface area contributed by atoms with Crippen LogP contribution in [0.3, 0.4) is 0 Å². The monoisotopic (exact) mass is 334 g/mol. The lowest BCUT2D eigenvalue weighted by Gasteiger charge is -2.34. The van der Waals surface area contributed by atoms with Crippen LogP contribution in [0.2, 0.25) is 0 Å². The van der Waals surface area contributed by atoms with Crippen LogP contribution < -0.4 is 5.32 Å². The predicted octanol–water partition coefficient (Wildman–Crippen LogP) is 3.31. The second-order valence-corrected chi connectivity index (χ2v) is 6.97. The van der Waals surface area contributed by atoms with Gasteiger partial charge in [-0.3, -0.25) is 0 Å². The number of hydrogen-bond acceptors (Lipinski definition) is 4. The molecule has 6 nitrogen and oxygen atoms in total. The largest absolute Gasteiger partial charge is 0.445 e. The Morgan fingerprint density at radius 1 is 1.25 bits per heavy atom. The normalized spacial score (nSPS) is 18.0. The number of carbonyl (C=O) groups is 2. The number of alkyl carbamates (subject to hydrolysis) is 1. The van der Waals surface area contributed by atoms with Crippen LogP contribution in [-0.2, 0) is 16.1 Å². The fourth-order valence-electron chi connectivity index (χ4n) is 2.52. The van der Waals surface area contributed by atoms with Crippen molar-refractivity contribution in [3.05, 3.63) is 35.9 Å². The molecule has 132 valence electrons. The van der Waals surface area contributed by atoms with Gasteiger partial charge in [0.15, 0.2) is 0 Å². The molecule has 1 aliphatic heterocycles. The lowest BCUT2D eigenvalue weighted by atomic mass is 10.1. The van der Waals surface area contributed by atoms with Gasteiger partial charge in [0.05, 0.1) is 0 Å². The van der Waals surface area contributed by atoms with E-state index in [1.165, 1.54) is 0 Å². The average Bonchev–Trinajstić information content (AvgIpc) is 2.52. The van der Waals surface area contributed by atoms with Crippen LogP contribution in [0.15, 0.2) is 30.3 Å². The number of likely N-dealkylation sites (tertiary alicyclic amines) is 1. The van der Waals surface area contributed by atoms with Gasteiger partial charge in [-0.15, -0.1) is 0 Å². The summed E-state index contributed by atoms with van der Waals surface area (Å²) in [6, 6.07) is 9.40. The van der Waals surface area contributed by atoms with Crippen LogP contribution in [-0.4, -0.2) is 41.8 Å². The van der Waals surface area contributed by atoms with E-state index < -0.39 is 11.7 Å². The zero-order valence-electron chi connectivity index (χ0n) is 14.6. The molecule has 1 aromatic rings. The number of ether oxygens (including phenoxy) is 2. The quantitative estimate of drug-likeness (QED) is 0.921. The van der Waals surface area contributed by atoms with Crippen LogP contribution in [0.5, 0.6) is 0 Å². The third-order valence-electron chi connectivity index (χ3n) is 3.61. The maximum Gasteiger partial charge on any atom is 0.410 e. The van der Waals surface area contributed by atoms with E-state index in [4.69, 9.17) is 9.47 Å². The van der Waals surface area contributed by atoms with E-state index in [1.54, 1.807) is 4.90 Å². The Morgan fingerprint density at radius 2 is 1.96 bits per heavy atom. The maximum atomic E-state index is 12.1. The van der Waals surface area contributed by atoms with E-state index in [9.17, 15) is 9.59 Å². The molecule has 2 rings (SSSR count). The second-order valence-electron chi connectivity index (χ2n) is 6.97. The van der Waals surface area contributed by atoms with Gasteiger partial charge in [0.25, 0.3) is 0 Å². The van der Waals surface area contributed by atoms with E-state index >= 15 is 0 Å². The zero-order valence-corrected chi connectivity index (χ0v) is 14.6. The minimum Gasteiger partial charge on any atom is -0.445 e. The highest BCUT2D eigenvalue weighted by Gasteiger charge is 2.28. The van der Waals surface area contributed by atoms with E-state index in [-0.39, 0.29) is 18.7 Å². The summed E-state index contributed by atoms with van der Waals surface area (Å²) in [6.07, 6.45) is 0.837. The predicted molar refractivity (Wildman–Crippen MR) is 90.6 cm³/mol. The Kier molecular flexibility index (Phi) is 6.06.